The van der Waals surface area contributed by atoms with Crippen molar-refractivity contribution in [2.45, 2.75) is 4.90 Å². The highest BCUT2D eigenvalue weighted by Gasteiger charge is 1.94. The van der Waals surface area contributed by atoms with Crippen molar-refractivity contribution in [1.82, 2.24) is 0 Å². The molecule has 0 fully saturated rings. The van der Waals surface area contributed by atoms with Gasteiger partial charge >= 0.3 is 0 Å². The SMILES string of the molecule is OCCOCCSc1ccc(O)cc1. The number of ether oxygens (including phenoxy) is 1. The second-order valence-electron chi connectivity index (χ2n) is 2.68. The van der Waals surface area contributed by atoms with Gasteiger partial charge in [-0.3, -0.25) is 0 Å². The molecule has 3 nitrogen and oxygen atoms in total. The van der Waals surface area contributed by atoms with Gasteiger partial charge in [0.1, 0.15) is 5.75 Å². The van der Waals surface area contributed by atoms with Gasteiger partial charge < -0.3 is 14.9 Å². The van der Waals surface area contributed by atoms with Gasteiger partial charge in [0.25, 0.3) is 0 Å². The number of aliphatic hydroxyl groups is 1. The van der Waals surface area contributed by atoms with Gasteiger partial charge in [0, 0.05) is 10.6 Å². The summed E-state index contributed by atoms with van der Waals surface area (Å²) in [5, 5.41) is 17.5. The van der Waals surface area contributed by atoms with Crippen LogP contribution < -0.4 is 0 Å². The molecular weight excluding hydrogens is 200 g/mol. The van der Waals surface area contributed by atoms with Gasteiger partial charge in [0.2, 0.25) is 0 Å². The molecule has 0 aliphatic rings. The number of rotatable bonds is 6. The lowest BCUT2D eigenvalue weighted by Gasteiger charge is -2.02. The summed E-state index contributed by atoms with van der Waals surface area (Å²) in [6.45, 7) is 1.10. The van der Waals surface area contributed by atoms with Gasteiger partial charge in [-0.15, -0.1) is 11.8 Å². The lowest BCUT2D eigenvalue weighted by Crippen LogP contribution is -2.02. The number of hydrogen-bond acceptors (Lipinski definition) is 4. The van der Waals surface area contributed by atoms with Crippen molar-refractivity contribution in [3.8, 4) is 5.75 Å². The van der Waals surface area contributed by atoms with Crippen LogP contribution in [0.5, 0.6) is 5.75 Å². The Bertz CT molecular complexity index is 248. The van der Waals surface area contributed by atoms with E-state index in [1.54, 1.807) is 23.9 Å². The fraction of sp³-hybridized carbons (Fsp3) is 0.400. The zero-order chi connectivity index (χ0) is 10.2. The molecule has 1 aromatic rings. The smallest absolute Gasteiger partial charge is 0.115 e. The Morgan fingerprint density at radius 2 is 1.86 bits per heavy atom. The molecule has 0 aliphatic carbocycles. The predicted molar refractivity (Wildman–Crippen MR) is 56.7 cm³/mol. The Labute approximate surface area is 87.7 Å². The molecule has 0 unspecified atom stereocenters. The monoisotopic (exact) mass is 214 g/mol. The number of benzene rings is 1. The van der Waals surface area contributed by atoms with E-state index in [1.165, 1.54) is 0 Å². The highest BCUT2D eigenvalue weighted by atomic mass is 32.2. The van der Waals surface area contributed by atoms with Crippen LogP contribution in [-0.4, -0.2) is 35.8 Å². The Balaban J connectivity index is 2.15. The quantitative estimate of drug-likeness (QED) is 0.556. The number of aromatic hydroxyl groups is 1. The zero-order valence-corrected chi connectivity index (χ0v) is 8.67. The third kappa shape index (κ3) is 4.50. The van der Waals surface area contributed by atoms with Crippen LogP contribution in [0.15, 0.2) is 29.2 Å². The van der Waals surface area contributed by atoms with E-state index in [0.29, 0.717) is 13.2 Å². The molecule has 2 N–H and O–H groups in total. The molecule has 0 amide bonds. The summed E-state index contributed by atoms with van der Waals surface area (Å²) in [6, 6.07) is 7.06. The topological polar surface area (TPSA) is 49.7 Å². The van der Waals surface area contributed by atoms with Gasteiger partial charge in [-0.25, -0.2) is 0 Å². The van der Waals surface area contributed by atoms with Gasteiger partial charge in [-0.2, -0.15) is 0 Å². The van der Waals surface area contributed by atoms with Gasteiger partial charge in [-0.05, 0) is 24.3 Å². The first-order valence-corrected chi connectivity index (χ1v) is 5.42. The van der Waals surface area contributed by atoms with Gasteiger partial charge in [0.15, 0.2) is 0 Å². The third-order valence-electron chi connectivity index (χ3n) is 1.57. The minimum atomic E-state index is 0.0733. The third-order valence-corrected chi connectivity index (χ3v) is 2.55. The maximum Gasteiger partial charge on any atom is 0.115 e. The Hall–Kier alpha value is -0.710. The van der Waals surface area contributed by atoms with Crippen LogP contribution in [0.25, 0.3) is 0 Å². The summed E-state index contributed by atoms with van der Waals surface area (Å²) < 4.78 is 5.11. The lowest BCUT2D eigenvalue weighted by molar-refractivity contribution is 0.103. The molecule has 78 valence electrons. The first-order chi connectivity index (χ1) is 6.83. The maximum absolute atomic E-state index is 9.04. The number of phenols is 1. The number of phenolic OH excluding ortho intramolecular Hbond substituents is 1. The Kier molecular flexibility index (Phi) is 5.44. The Morgan fingerprint density at radius 3 is 2.50 bits per heavy atom. The molecule has 0 atom stereocenters. The molecule has 0 spiro atoms. The van der Waals surface area contributed by atoms with Crippen LogP contribution in [0.3, 0.4) is 0 Å². The van der Waals surface area contributed by atoms with E-state index in [-0.39, 0.29) is 12.4 Å². The maximum atomic E-state index is 9.04. The van der Waals surface area contributed by atoms with Crippen LogP contribution in [0.1, 0.15) is 0 Å². The summed E-state index contributed by atoms with van der Waals surface area (Å²) in [5.41, 5.74) is 0. The summed E-state index contributed by atoms with van der Waals surface area (Å²) in [4.78, 5) is 1.11. The van der Waals surface area contributed by atoms with Crippen LogP contribution in [0, 0.1) is 0 Å². The van der Waals surface area contributed by atoms with Crippen LogP contribution in [0.2, 0.25) is 0 Å². The first-order valence-electron chi connectivity index (χ1n) is 4.43. The average Bonchev–Trinajstić information content (AvgIpc) is 2.21. The minimum absolute atomic E-state index is 0.0733. The van der Waals surface area contributed by atoms with Crippen LogP contribution in [0.4, 0.5) is 0 Å². The van der Waals surface area contributed by atoms with E-state index in [0.717, 1.165) is 10.6 Å². The molecule has 1 rings (SSSR count). The second kappa shape index (κ2) is 6.70. The number of thioether (sulfide) groups is 1. The highest BCUT2D eigenvalue weighted by molar-refractivity contribution is 7.99. The molecule has 0 saturated carbocycles. The molecule has 0 radical (unpaired) electrons. The number of aliphatic hydroxyl groups excluding tert-OH is 1. The summed E-state index contributed by atoms with van der Waals surface area (Å²) >= 11 is 1.66. The van der Waals surface area contributed by atoms with Crippen molar-refractivity contribution in [2.75, 3.05) is 25.6 Å². The zero-order valence-electron chi connectivity index (χ0n) is 7.85. The highest BCUT2D eigenvalue weighted by Crippen LogP contribution is 2.20. The Morgan fingerprint density at radius 1 is 1.14 bits per heavy atom. The van der Waals surface area contributed by atoms with E-state index in [9.17, 15) is 0 Å². The molecule has 14 heavy (non-hydrogen) atoms. The fourth-order valence-corrected chi connectivity index (χ4v) is 1.69. The molecule has 0 bridgehead atoms. The molecule has 0 aliphatic heterocycles. The fourth-order valence-electron chi connectivity index (χ4n) is 0.927. The molecule has 4 heteroatoms. The van der Waals surface area contributed by atoms with E-state index < -0.39 is 0 Å². The van der Waals surface area contributed by atoms with Crippen molar-refractivity contribution < 1.29 is 14.9 Å². The normalized spacial score (nSPS) is 10.4. The molecule has 0 aromatic heterocycles. The van der Waals surface area contributed by atoms with Gasteiger partial charge in [-0.1, -0.05) is 0 Å². The molecule has 0 saturated heterocycles. The first kappa shape index (κ1) is 11.4. The van der Waals surface area contributed by atoms with E-state index in [1.807, 2.05) is 12.1 Å². The summed E-state index contributed by atoms with van der Waals surface area (Å²) in [7, 11) is 0. The van der Waals surface area contributed by atoms with Crippen LogP contribution >= 0.6 is 11.8 Å². The predicted octanol–water partition coefficient (Wildman–Crippen LogP) is 1.49. The van der Waals surface area contributed by atoms with E-state index in [4.69, 9.17) is 14.9 Å². The largest absolute Gasteiger partial charge is 0.508 e. The molecule has 1 aromatic carbocycles. The lowest BCUT2D eigenvalue weighted by atomic mass is 10.3. The molecule has 0 heterocycles. The second-order valence-corrected chi connectivity index (χ2v) is 3.85. The van der Waals surface area contributed by atoms with E-state index >= 15 is 0 Å². The summed E-state index contributed by atoms with van der Waals surface area (Å²) in [6.07, 6.45) is 0. The molecular formula is C10H14O3S. The average molecular weight is 214 g/mol. The van der Waals surface area contributed by atoms with Crippen molar-refractivity contribution in [3.05, 3.63) is 24.3 Å². The van der Waals surface area contributed by atoms with Crippen LogP contribution in [-0.2, 0) is 4.74 Å². The van der Waals surface area contributed by atoms with Crippen molar-refractivity contribution in [3.63, 3.8) is 0 Å². The van der Waals surface area contributed by atoms with Gasteiger partial charge in [0.05, 0.1) is 19.8 Å². The van der Waals surface area contributed by atoms with Crippen molar-refractivity contribution >= 4 is 11.8 Å². The standard InChI is InChI=1S/C10H14O3S/c11-5-6-13-7-8-14-10-3-1-9(12)2-4-10/h1-4,11-12H,5-8H2. The van der Waals surface area contributed by atoms with E-state index in [2.05, 4.69) is 0 Å². The van der Waals surface area contributed by atoms with Crippen molar-refractivity contribution in [1.29, 1.82) is 0 Å². The van der Waals surface area contributed by atoms with Crippen molar-refractivity contribution in [2.24, 2.45) is 0 Å². The number of hydrogen-bond donors (Lipinski definition) is 2. The minimum Gasteiger partial charge on any atom is -0.508 e. The summed E-state index contributed by atoms with van der Waals surface area (Å²) in [5.74, 6) is 1.14.